The summed E-state index contributed by atoms with van der Waals surface area (Å²) in [5.41, 5.74) is 5.30. The maximum atomic E-state index is 10.6. The third-order valence-corrected chi connectivity index (χ3v) is 7.06. The van der Waals surface area contributed by atoms with Crippen LogP contribution < -0.4 is 5.46 Å². The van der Waals surface area contributed by atoms with Crippen molar-refractivity contribution in [3.8, 4) is 16.8 Å². The lowest BCUT2D eigenvalue weighted by Gasteiger charge is -2.37. The molecule has 0 bridgehead atoms. The molecular formula is C30H30BNO2. The van der Waals surface area contributed by atoms with E-state index in [0.29, 0.717) is 7.48 Å². The molecule has 0 unspecified atom stereocenters. The van der Waals surface area contributed by atoms with E-state index in [0.717, 1.165) is 22.2 Å². The molecule has 0 fully saturated rings. The Balaban J connectivity index is 1.73. The highest BCUT2D eigenvalue weighted by Crippen LogP contribution is 2.34. The fourth-order valence-corrected chi connectivity index (χ4v) is 4.36. The number of rotatable bonds is 6. The number of fused-ring (bicyclic) bond motifs is 3. The second kappa shape index (κ2) is 8.46. The first-order valence-corrected chi connectivity index (χ1v) is 11.8. The molecule has 0 spiro atoms. The zero-order valence-electron chi connectivity index (χ0n) is 20.2. The molecule has 4 aromatic carbocycles. The summed E-state index contributed by atoms with van der Waals surface area (Å²) in [6, 6.07) is 34.1. The van der Waals surface area contributed by atoms with Gasteiger partial charge in [-0.3, -0.25) is 0 Å². The first kappa shape index (κ1) is 22.5. The highest BCUT2D eigenvalue weighted by atomic mass is 16.5. The molecule has 0 saturated carbocycles. The summed E-state index contributed by atoms with van der Waals surface area (Å²) >= 11 is 0. The zero-order valence-corrected chi connectivity index (χ0v) is 20.2. The first-order chi connectivity index (χ1) is 16.3. The van der Waals surface area contributed by atoms with Crippen molar-refractivity contribution in [1.29, 1.82) is 0 Å². The number of aromatic nitrogens is 1. The van der Waals surface area contributed by atoms with Crippen molar-refractivity contribution in [3.63, 3.8) is 0 Å². The Morgan fingerprint density at radius 1 is 0.706 bits per heavy atom. The minimum Gasteiger partial charge on any atom is -0.427 e. The van der Waals surface area contributed by atoms with Gasteiger partial charge in [0.2, 0.25) is 0 Å². The number of aliphatic hydroxyl groups is 1. The molecule has 0 aliphatic rings. The Kier molecular flexibility index (Phi) is 5.59. The zero-order chi connectivity index (χ0) is 23.9. The van der Waals surface area contributed by atoms with Crippen molar-refractivity contribution >= 4 is 34.8 Å². The van der Waals surface area contributed by atoms with E-state index in [2.05, 4.69) is 89.5 Å². The molecule has 170 valence electrons. The van der Waals surface area contributed by atoms with Gasteiger partial charge in [-0.2, -0.15) is 0 Å². The summed E-state index contributed by atoms with van der Waals surface area (Å²) in [4.78, 5) is 0. The van der Waals surface area contributed by atoms with Crippen molar-refractivity contribution in [2.75, 3.05) is 0 Å². The van der Waals surface area contributed by atoms with Gasteiger partial charge in [-0.25, -0.2) is 0 Å². The molecule has 0 aliphatic carbocycles. The van der Waals surface area contributed by atoms with Crippen LogP contribution in [-0.2, 0) is 4.65 Å². The summed E-state index contributed by atoms with van der Waals surface area (Å²) in [6.45, 7) is 7.46. The lowest BCUT2D eigenvalue weighted by atomic mass is 9.80. The Morgan fingerprint density at radius 2 is 1.38 bits per heavy atom. The van der Waals surface area contributed by atoms with Crippen LogP contribution in [0.1, 0.15) is 27.7 Å². The summed E-state index contributed by atoms with van der Waals surface area (Å²) < 4.78 is 8.62. The van der Waals surface area contributed by atoms with Crippen LogP contribution in [0.4, 0.5) is 0 Å². The lowest BCUT2D eigenvalue weighted by Crippen LogP contribution is -2.49. The van der Waals surface area contributed by atoms with Gasteiger partial charge in [-0.1, -0.05) is 72.8 Å². The van der Waals surface area contributed by atoms with E-state index < -0.39 is 11.2 Å². The minimum atomic E-state index is -0.955. The predicted octanol–water partition coefficient (Wildman–Crippen LogP) is 5.99. The van der Waals surface area contributed by atoms with Gasteiger partial charge in [0.05, 0.1) is 22.2 Å². The number of para-hydroxylation sites is 1. The van der Waals surface area contributed by atoms with Crippen molar-refractivity contribution in [2.45, 2.75) is 38.9 Å². The first-order valence-electron chi connectivity index (χ1n) is 11.8. The van der Waals surface area contributed by atoms with Crippen LogP contribution in [0, 0.1) is 0 Å². The van der Waals surface area contributed by atoms with Crippen LogP contribution in [0.2, 0.25) is 0 Å². The number of nitrogens with zero attached hydrogens (tertiary/aromatic N) is 1. The standard InChI is InChI=1S/C30H30BNO2/c1-29(2,33)30(3,4)34-31-25-16-11-17-26-28(25)24-19-18-22(21-12-7-5-8-13-21)20-27(24)32(26)23-14-9-6-10-15-23/h5-20,31,33H,1-4H3. The van der Waals surface area contributed by atoms with Gasteiger partial charge in [0, 0.05) is 16.5 Å². The molecule has 0 saturated heterocycles. The largest absolute Gasteiger partial charge is 0.427 e. The second-order valence-electron chi connectivity index (χ2n) is 9.94. The molecule has 0 amide bonds. The molecule has 3 nitrogen and oxygen atoms in total. The molecule has 5 aromatic rings. The fraction of sp³-hybridized carbons (Fsp3) is 0.200. The smallest absolute Gasteiger partial charge is 0.310 e. The predicted molar refractivity (Wildman–Crippen MR) is 144 cm³/mol. The van der Waals surface area contributed by atoms with E-state index in [9.17, 15) is 5.11 Å². The van der Waals surface area contributed by atoms with Gasteiger partial charge in [0.25, 0.3) is 0 Å². The number of benzene rings is 4. The van der Waals surface area contributed by atoms with Gasteiger partial charge in [-0.15, -0.1) is 0 Å². The summed E-state index contributed by atoms with van der Waals surface area (Å²) in [5, 5.41) is 13.0. The van der Waals surface area contributed by atoms with Gasteiger partial charge in [0.15, 0.2) is 0 Å². The Hall–Kier alpha value is -3.34. The molecule has 34 heavy (non-hydrogen) atoms. The summed E-state index contributed by atoms with van der Waals surface area (Å²) in [5.74, 6) is 0. The van der Waals surface area contributed by atoms with E-state index in [-0.39, 0.29) is 0 Å². The van der Waals surface area contributed by atoms with Crippen LogP contribution in [0.3, 0.4) is 0 Å². The average Bonchev–Trinajstić information content (AvgIpc) is 3.17. The highest BCUT2D eigenvalue weighted by Gasteiger charge is 2.36. The van der Waals surface area contributed by atoms with E-state index in [1.165, 1.54) is 21.9 Å². The Morgan fingerprint density at radius 3 is 2.06 bits per heavy atom. The van der Waals surface area contributed by atoms with Gasteiger partial charge in [0.1, 0.15) is 0 Å². The van der Waals surface area contributed by atoms with Crippen molar-refractivity contribution in [3.05, 3.63) is 97.1 Å². The Bertz CT molecular complexity index is 1450. The molecule has 1 N–H and O–H groups in total. The SMILES string of the molecule is CC(C)(O)C(C)(C)OBc1cccc2c1c1ccc(-c3ccccc3)cc1n2-c1ccccc1. The maximum absolute atomic E-state index is 10.6. The molecule has 5 rings (SSSR count). The van der Waals surface area contributed by atoms with Crippen LogP contribution in [0.15, 0.2) is 97.1 Å². The third kappa shape index (κ3) is 3.94. The molecule has 0 aliphatic heterocycles. The van der Waals surface area contributed by atoms with Crippen LogP contribution in [0.5, 0.6) is 0 Å². The van der Waals surface area contributed by atoms with E-state index in [1.54, 1.807) is 13.8 Å². The normalized spacial score (nSPS) is 12.4. The van der Waals surface area contributed by atoms with Crippen LogP contribution in [0.25, 0.3) is 38.6 Å². The quantitative estimate of drug-likeness (QED) is 0.324. The topological polar surface area (TPSA) is 34.4 Å². The molecule has 1 aromatic heterocycles. The number of hydrogen-bond donors (Lipinski definition) is 1. The van der Waals surface area contributed by atoms with E-state index >= 15 is 0 Å². The summed E-state index contributed by atoms with van der Waals surface area (Å²) in [7, 11) is 0.419. The molecule has 4 heteroatoms. The fourth-order valence-electron chi connectivity index (χ4n) is 4.36. The van der Waals surface area contributed by atoms with Crippen LogP contribution in [-0.4, -0.2) is 28.4 Å². The highest BCUT2D eigenvalue weighted by molar-refractivity contribution is 6.53. The van der Waals surface area contributed by atoms with Crippen molar-refractivity contribution < 1.29 is 9.76 Å². The Labute approximate surface area is 201 Å². The molecular weight excluding hydrogens is 417 g/mol. The minimum absolute atomic E-state index is 0.419. The monoisotopic (exact) mass is 447 g/mol. The third-order valence-electron chi connectivity index (χ3n) is 7.06. The van der Waals surface area contributed by atoms with Gasteiger partial charge in [-0.05, 0) is 68.6 Å². The number of hydrogen-bond acceptors (Lipinski definition) is 2. The van der Waals surface area contributed by atoms with E-state index in [1.807, 2.05) is 26.0 Å². The average molecular weight is 447 g/mol. The van der Waals surface area contributed by atoms with Crippen molar-refractivity contribution in [1.82, 2.24) is 4.57 Å². The molecule has 0 atom stereocenters. The van der Waals surface area contributed by atoms with Crippen molar-refractivity contribution in [2.24, 2.45) is 0 Å². The van der Waals surface area contributed by atoms with E-state index in [4.69, 9.17) is 4.65 Å². The molecule has 1 heterocycles. The molecule has 0 radical (unpaired) electrons. The lowest BCUT2D eigenvalue weighted by molar-refractivity contribution is -0.0893. The van der Waals surface area contributed by atoms with Crippen LogP contribution >= 0.6 is 0 Å². The van der Waals surface area contributed by atoms with Gasteiger partial charge >= 0.3 is 7.48 Å². The second-order valence-corrected chi connectivity index (χ2v) is 9.94. The summed E-state index contributed by atoms with van der Waals surface area (Å²) in [6.07, 6.45) is 0. The van der Waals surface area contributed by atoms with Gasteiger partial charge < -0.3 is 14.3 Å². The maximum Gasteiger partial charge on any atom is 0.310 e.